The van der Waals surface area contributed by atoms with Crippen molar-refractivity contribution in [1.29, 1.82) is 0 Å². The molecule has 0 atom stereocenters. The van der Waals surface area contributed by atoms with Gasteiger partial charge in [-0.05, 0) is 49.4 Å². The fourth-order valence-corrected chi connectivity index (χ4v) is 2.73. The van der Waals surface area contributed by atoms with Crippen LogP contribution in [-0.2, 0) is 6.61 Å². The Hall–Kier alpha value is -2.03. The smallest absolute Gasteiger partial charge is 0.131 e. The summed E-state index contributed by atoms with van der Waals surface area (Å²) < 4.78 is 11.7. The highest BCUT2D eigenvalue weighted by molar-refractivity contribution is 5.75. The van der Waals surface area contributed by atoms with Gasteiger partial charge in [0.15, 0.2) is 0 Å². The van der Waals surface area contributed by atoms with Crippen LogP contribution in [0.1, 0.15) is 37.9 Å². The zero-order valence-corrected chi connectivity index (χ0v) is 13.6. The summed E-state index contributed by atoms with van der Waals surface area (Å²) in [7, 11) is 0. The molecule has 1 aromatic carbocycles. The van der Waals surface area contributed by atoms with Crippen LogP contribution in [0.5, 0.6) is 11.5 Å². The van der Waals surface area contributed by atoms with Crippen LogP contribution < -0.4 is 9.47 Å². The Kier molecular flexibility index (Phi) is 4.32. The highest BCUT2D eigenvalue weighted by Crippen LogP contribution is 2.39. The summed E-state index contributed by atoms with van der Waals surface area (Å²) in [5, 5.41) is 0. The van der Waals surface area contributed by atoms with Crippen molar-refractivity contribution in [2.75, 3.05) is 6.61 Å². The topological polar surface area (TPSA) is 31.4 Å². The van der Waals surface area contributed by atoms with Gasteiger partial charge in [-0.25, -0.2) is 0 Å². The molecule has 2 heterocycles. The van der Waals surface area contributed by atoms with Crippen molar-refractivity contribution in [3.8, 4) is 22.6 Å². The molecule has 0 radical (unpaired) electrons. The van der Waals surface area contributed by atoms with Crippen LogP contribution in [0.4, 0.5) is 0 Å². The molecule has 3 heteroatoms. The lowest BCUT2D eigenvalue weighted by molar-refractivity contribution is 0.284. The van der Waals surface area contributed by atoms with E-state index in [2.05, 4.69) is 31.0 Å². The van der Waals surface area contributed by atoms with Gasteiger partial charge in [-0.2, -0.15) is 0 Å². The van der Waals surface area contributed by atoms with Crippen LogP contribution >= 0.6 is 0 Å². The van der Waals surface area contributed by atoms with Gasteiger partial charge < -0.3 is 9.47 Å². The minimum absolute atomic E-state index is 0.576. The van der Waals surface area contributed by atoms with Gasteiger partial charge in [0.1, 0.15) is 18.1 Å². The fraction of sp³-hybridized carbons (Fsp3) is 0.421. The van der Waals surface area contributed by atoms with Gasteiger partial charge in [-0.15, -0.1) is 0 Å². The van der Waals surface area contributed by atoms with E-state index in [1.807, 2.05) is 25.3 Å². The third kappa shape index (κ3) is 3.24. The molecule has 116 valence electrons. The molecule has 0 saturated heterocycles. The second-order valence-electron chi connectivity index (χ2n) is 6.31. The summed E-state index contributed by atoms with van der Waals surface area (Å²) in [6, 6.07) is 8.25. The number of nitrogens with zero attached hydrogens (tertiary/aromatic N) is 1. The van der Waals surface area contributed by atoms with E-state index in [-0.39, 0.29) is 0 Å². The van der Waals surface area contributed by atoms with Gasteiger partial charge in [0.2, 0.25) is 0 Å². The maximum atomic E-state index is 5.85. The van der Waals surface area contributed by atoms with Gasteiger partial charge >= 0.3 is 0 Å². The Morgan fingerprint density at radius 3 is 2.91 bits per heavy atom. The quantitative estimate of drug-likeness (QED) is 0.745. The van der Waals surface area contributed by atoms with E-state index < -0.39 is 0 Å². The van der Waals surface area contributed by atoms with Crippen LogP contribution in [0.25, 0.3) is 11.1 Å². The van der Waals surface area contributed by atoms with Crippen LogP contribution in [-0.4, -0.2) is 11.6 Å². The molecular formula is C19H23NO2. The number of rotatable bonds is 5. The number of fused-ring (bicyclic) bond motifs is 3. The Morgan fingerprint density at radius 1 is 1.23 bits per heavy atom. The standard InChI is InChI=1S/C19H23NO2/c1-13(2)5-4-8-21-16-6-7-17-18-9-14(3)20-11-15(18)12-22-19(17)10-16/h6-7,9-11,13H,4-5,8,12H2,1-3H3. The molecule has 2 aromatic rings. The number of ether oxygens (including phenoxy) is 2. The SMILES string of the molecule is Cc1cc2c(cn1)COc1cc(OCCCC(C)C)ccc1-2. The van der Waals surface area contributed by atoms with E-state index in [1.165, 1.54) is 12.0 Å². The number of hydrogen-bond donors (Lipinski definition) is 0. The van der Waals surface area contributed by atoms with Crippen molar-refractivity contribution in [3.63, 3.8) is 0 Å². The van der Waals surface area contributed by atoms with Crippen molar-refractivity contribution < 1.29 is 9.47 Å². The summed E-state index contributed by atoms with van der Waals surface area (Å²) in [5.41, 5.74) is 4.52. The van der Waals surface area contributed by atoms with Crippen LogP contribution in [0.2, 0.25) is 0 Å². The molecule has 0 aliphatic carbocycles. The maximum Gasteiger partial charge on any atom is 0.131 e. The molecule has 22 heavy (non-hydrogen) atoms. The average Bonchev–Trinajstić information content (AvgIpc) is 2.51. The monoisotopic (exact) mass is 297 g/mol. The number of hydrogen-bond acceptors (Lipinski definition) is 3. The molecule has 0 unspecified atom stereocenters. The maximum absolute atomic E-state index is 5.85. The molecule has 1 aliphatic rings. The summed E-state index contributed by atoms with van der Waals surface area (Å²) in [6.45, 7) is 7.83. The first-order chi connectivity index (χ1) is 10.6. The molecule has 3 nitrogen and oxygen atoms in total. The number of pyridine rings is 1. The molecule has 0 fully saturated rings. The predicted molar refractivity (Wildman–Crippen MR) is 88.3 cm³/mol. The largest absolute Gasteiger partial charge is 0.493 e. The van der Waals surface area contributed by atoms with Gasteiger partial charge in [-0.3, -0.25) is 4.98 Å². The highest BCUT2D eigenvalue weighted by atomic mass is 16.5. The van der Waals surface area contributed by atoms with Gasteiger partial charge in [0.25, 0.3) is 0 Å². The lowest BCUT2D eigenvalue weighted by atomic mass is 9.98. The molecule has 0 bridgehead atoms. The van der Waals surface area contributed by atoms with Gasteiger partial charge in [-0.1, -0.05) is 13.8 Å². The predicted octanol–water partition coefficient (Wildman–Crippen LogP) is 4.76. The molecule has 0 amide bonds. The average molecular weight is 297 g/mol. The lowest BCUT2D eigenvalue weighted by Gasteiger charge is -2.21. The van der Waals surface area contributed by atoms with E-state index in [0.29, 0.717) is 6.61 Å². The lowest BCUT2D eigenvalue weighted by Crippen LogP contribution is -2.07. The second-order valence-corrected chi connectivity index (χ2v) is 6.31. The van der Waals surface area contributed by atoms with E-state index in [9.17, 15) is 0 Å². The van der Waals surface area contributed by atoms with Crippen LogP contribution in [0.15, 0.2) is 30.5 Å². The molecule has 1 aliphatic heterocycles. The third-order valence-electron chi connectivity index (χ3n) is 3.94. The first-order valence-electron chi connectivity index (χ1n) is 7.99. The van der Waals surface area contributed by atoms with E-state index in [1.54, 1.807) is 0 Å². The van der Waals surface area contributed by atoms with Crippen LogP contribution in [0, 0.1) is 12.8 Å². The molecule has 0 spiro atoms. The van der Waals surface area contributed by atoms with Crippen molar-refractivity contribution in [3.05, 3.63) is 41.7 Å². The normalized spacial score (nSPS) is 12.5. The van der Waals surface area contributed by atoms with Crippen molar-refractivity contribution >= 4 is 0 Å². The molecule has 0 saturated carbocycles. The van der Waals surface area contributed by atoms with E-state index >= 15 is 0 Å². The fourth-order valence-electron chi connectivity index (χ4n) is 2.73. The number of aryl methyl sites for hydroxylation is 1. The Balaban J connectivity index is 1.75. The molecule has 0 N–H and O–H groups in total. The number of benzene rings is 1. The van der Waals surface area contributed by atoms with Gasteiger partial charge in [0.05, 0.1) is 6.61 Å². The Labute approximate surface area is 132 Å². The minimum atomic E-state index is 0.576. The summed E-state index contributed by atoms with van der Waals surface area (Å²) in [6.07, 6.45) is 4.19. The summed E-state index contributed by atoms with van der Waals surface area (Å²) >= 11 is 0. The highest BCUT2D eigenvalue weighted by Gasteiger charge is 2.18. The van der Waals surface area contributed by atoms with Crippen LogP contribution in [0.3, 0.4) is 0 Å². The first-order valence-corrected chi connectivity index (χ1v) is 7.99. The van der Waals surface area contributed by atoms with Crippen molar-refractivity contribution in [2.45, 2.75) is 40.2 Å². The van der Waals surface area contributed by atoms with Crippen molar-refractivity contribution in [1.82, 2.24) is 4.98 Å². The molecule has 1 aromatic heterocycles. The first kappa shape index (κ1) is 14.9. The second kappa shape index (κ2) is 6.39. The summed E-state index contributed by atoms with van der Waals surface area (Å²) in [4.78, 5) is 4.34. The molecular weight excluding hydrogens is 274 g/mol. The van der Waals surface area contributed by atoms with E-state index in [0.717, 1.165) is 47.3 Å². The Morgan fingerprint density at radius 2 is 2.09 bits per heavy atom. The zero-order chi connectivity index (χ0) is 15.5. The Bertz CT molecular complexity index is 664. The zero-order valence-electron chi connectivity index (χ0n) is 13.6. The van der Waals surface area contributed by atoms with E-state index in [4.69, 9.17) is 9.47 Å². The van der Waals surface area contributed by atoms with Crippen molar-refractivity contribution in [2.24, 2.45) is 5.92 Å². The van der Waals surface area contributed by atoms with Gasteiger partial charge in [0, 0.05) is 29.1 Å². The number of aromatic nitrogens is 1. The minimum Gasteiger partial charge on any atom is -0.493 e. The molecule has 3 rings (SSSR count). The third-order valence-corrected chi connectivity index (χ3v) is 3.94. The summed E-state index contributed by atoms with van der Waals surface area (Å²) in [5.74, 6) is 2.51.